The zero-order valence-corrected chi connectivity index (χ0v) is 21.4. The van der Waals surface area contributed by atoms with E-state index < -0.39 is 0 Å². The van der Waals surface area contributed by atoms with Gasteiger partial charge in [0.2, 0.25) is 5.91 Å². The molecule has 0 saturated heterocycles. The lowest BCUT2D eigenvalue weighted by molar-refractivity contribution is -0.113. The first-order chi connectivity index (χ1) is 16.3. The van der Waals surface area contributed by atoms with E-state index in [-0.39, 0.29) is 17.8 Å². The number of carbonyl (C=O) groups excluding carboxylic acids is 1. The van der Waals surface area contributed by atoms with E-state index in [9.17, 15) is 4.79 Å². The number of thioether (sulfide) groups is 1. The van der Waals surface area contributed by atoms with E-state index in [0.29, 0.717) is 29.4 Å². The van der Waals surface area contributed by atoms with Gasteiger partial charge < -0.3 is 10.1 Å². The summed E-state index contributed by atoms with van der Waals surface area (Å²) in [5.41, 5.74) is 3.29. The molecule has 34 heavy (non-hydrogen) atoms. The molecule has 0 radical (unpaired) electrons. The van der Waals surface area contributed by atoms with Crippen molar-refractivity contribution in [2.24, 2.45) is 0 Å². The minimum absolute atomic E-state index is 0.0912. The van der Waals surface area contributed by atoms with Gasteiger partial charge in [-0.1, -0.05) is 69.8 Å². The van der Waals surface area contributed by atoms with E-state index >= 15 is 0 Å². The average molecular weight is 479 g/mol. The number of anilines is 1. The first-order valence-corrected chi connectivity index (χ1v) is 12.6. The fraction of sp³-hybridized carbons (Fsp3) is 0.370. The molecule has 0 aliphatic carbocycles. The Morgan fingerprint density at radius 1 is 1.00 bits per heavy atom. The molecule has 180 valence electrons. The number of amides is 1. The number of allylic oxidation sites excluding steroid dienone is 1. The molecule has 0 aliphatic rings. The number of nitrogens with zero attached hydrogens (tertiary/aromatic N) is 3. The number of benzene rings is 2. The van der Waals surface area contributed by atoms with Crippen molar-refractivity contribution in [3.63, 3.8) is 0 Å². The van der Waals surface area contributed by atoms with Crippen LogP contribution in [0.5, 0.6) is 5.75 Å². The molecular weight excluding hydrogens is 444 g/mol. The number of carbonyl (C=O) groups is 1. The van der Waals surface area contributed by atoms with Crippen LogP contribution < -0.4 is 10.1 Å². The van der Waals surface area contributed by atoms with Crippen LogP contribution in [-0.4, -0.2) is 26.4 Å². The highest BCUT2D eigenvalue weighted by atomic mass is 32.2. The van der Waals surface area contributed by atoms with Crippen molar-refractivity contribution in [1.29, 1.82) is 0 Å². The minimum atomic E-state index is -0.306. The molecule has 3 rings (SSSR count). The summed E-state index contributed by atoms with van der Waals surface area (Å²) < 4.78 is 8.06. The van der Waals surface area contributed by atoms with Crippen molar-refractivity contribution >= 4 is 23.4 Å². The van der Waals surface area contributed by atoms with Crippen LogP contribution in [-0.2, 0) is 11.3 Å². The van der Waals surface area contributed by atoms with Crippen LogP contribution in [0.3, 0.4) is 0 Å². The smallest absolute Gasteiger partial charge is 0.234 e. The van der Waals surface area contributed by atoms with E-state index in [2.05, 4.69) is 61.9 Å². The van der Waals surface area contributed by atoms with Crippen LogP contribution in [0.1, 0.15) is 69.5 Å². The van der Waals surface area contributed by atoms with Gasteiger partial charge in [-0.05, 0) is 54.2 Å². The fourth-order valence-corrected chi connectivity index (χ4v) is 4.23. The number of rotatable bonds is 11. The van der Waals surface area contributed by atoms with Gasteiger partial charge in [0.05, 0.1) is 5.75 Å². The number of hydrogen-bond donors (Lipinski definition) is 1. The molecule has 1 heterocycles. The van der Waals surface area contributed by atoms with Gasteiger partial charge in [0.25, 0.3) is 0 Å². The first kappa shape index (κ1) is 25.6. The molecule has 0 aliphatic heterocycles. The van der Waals surface area contributed by atoms with Crippen LogP contribution in [0.25, 0.3) is 0 Å². The van der Waals surface area contributed by atoms with Gasteiger partial charge in [0, 0.05) is 12.2 Å². The Kier molecular flexibility index (Phi) is 8.93. The summed E-state index contributed by atoms with van der Waals surface area (Å²) in [4.78, 5) is 12.5. The predicted octanol–water partition coefficient (Wildman–Crippen LogP) is 6.58. The van der Waals surface area contributed by atoms with Crippen molar-refractivity contribution in [3.8, 4) is 5.75 Å². The van der Waals surface area contributed by atoms with Gasteiger partial charge in [0.1, 0.15) is 5.75 Å². The maximum atomic E-state index is 12.5. The molecule has 1 N–H and O–H groups in total. The van der Waals surface area contributed by atoms with Crippen molar-refractivity contribution in [3.05, 3.63) is 78.1 Å². The number of nitrogens with one attached hydrogen (secondary N) is 1. The lowest BCUT2D eigenvalue weighted by Crippen LogP contribution is -2.15. The SMILES string of the molecule is C=CCn1c(SCC(=O)Nc2ccc(C(C)C)cc2)nnc1C(C)Oc1ccc(C(C)C)cc1. The highest BCUT2D eigenvalue weighted by molar-refractivity contribution is 7.99. The molecule has 1 amide bonds. The Bertz CT molecular complexity index is 1090. The summed E-state index contributed by atoms with van der Waals surface area (Å²) in [6.45, 7) is 14.9. The third kappa shape index (κ3) is 6.73. The molecule has 1 atom stereocenters. The number of ether oxygens (including phenoxy) is 1. The van der Waals surface area contributed by atoms with Crippen molar-refractivity contribution in [2.45, 2.75) is 64.3 Å². The predicted molar refractivity (Wildman–Crippen MR) is 140 cm³/mol. The van der Waals surface area contributed by atoms with Crippen LogP contribution >= 0.6 is 11.8 Å². The van der Waals surface area contributed by atoms with Gasteiger partial charge in [-0.2, -0.15) is 0 Å². The largest absolute Gasteiger partial charge is 0.483 e. The number of aromatic nitrogens is 3. The van der Waals surface area contributed by atoms with Crippen molar-refractivity contribution in [2.75, 3.05) is 11.1 Å². The topological polar surface area (TPSA) is 69.0 Å². The maximum Gasteiger partial charge on any atom is 0.234 e. The van der Waals surface area contributed by atoms with Crippen molar-refractivity contribution in [1.82, 2.24) is 14.8 Å². The molecule has 2 aromatic carbocycles. The molecule has 3 aromatic rings. The summed E-state index contributed by atoms with van der Waals surface area (Å²) in [7, 11) is 0. The zero-order valence-electron chi connectivity index (χ0n) is 20.6. The minimum Gasteiger partial charge on any atom is -0.483 e. The summed E-state index contributed by atoms with van der Waals surface area (Å²) in [5, 5.41) is 12.3. The summed E-state index contributed by atoms with van der Waals surface area (Å²) in [6.07, 6.45) is 1.48. The Labute approximate surface area is 206 Å². The molecule has 0 fully saturated rings. The second-order valence-electron chi connectivity index (χ2n) is 8.84. The third-order valence-electron chi connectivity index (χ3n) is 5.47. The standard InChI is InChI=1S/C27H34N4O2S/c1-7-16-31-26(20(6)33-24-14-10-22(11-15-24)19(4)5)29-30-27(31)34-17-25(32)28-23-12-8-21(9-13-23)18(2)3/h7-15,18-20H,1,16-17H2,2-6H3,(H,28,32). The second kappa shape index (κ2) is 11.9. The molecular formula is C27H34N4O2S. The fourth-order valence-electron chi connectivity index (χ4n) is 3.47. The maximum absolute atomic E-state index is 12.5. The average Bonchev–Trinajstić information content (AvgIpc) is 3.21. The first-order valence-electron chi connectivity index (χ1n) is 11.6. The molecule has 0 spiro atoms. The third-order valence-corrected chi connectivity index (χ3v) is 6.44. The normalized spacial score (nSPS) is 12.1. The van der Waals surface area contributed by atoms with Gasteiger partial charge in [-0.3, -0.25) is 9.36 Å². The van der Waals surface area contributed by atoms with Gasteiger partial charge in [-0.15, -0.1) is 16.8 Å². The molecule has 1 aromatic heterocycles. The van der Waals surface area contributed by atoms with Gasteiger partial charge in [-0.25, -0.2) is 0 Å². The Hall–Kier alpha value is -3.06. The highest BCUT2D eigenvalue weighted by Crippen LogP contribution is 2.26. The van der Waals surface area contributed by atoms with Crippen LogP contribution in [0.4, 0.5) is 5.69 Å². The quantitative estimate of drug-likeness (QED) is 0.249. The zero-order chi connectivity index (χ0) is 24.7. The molecule has 6 nitrogen and oxygen atoms in total. The molecule has 1 unspecified atom stereocenters. The van der Waals surface area contributed by atoms with Crippen LogP contribution in [0.15, 0.2) is 66.3 Å². The van der Waals surface area contributed by atoms with Crippen molar-refractivity contribution < 1.29 is 9.53 Å². The van der Waals surface area contributed by atoms with E-state index in [1.54, 1.807) is 6.08 Å². The molecule has 0 bridgehead atoms. The Balaban J connectivity index is 1.63. The Morgan fingerprint density at radius 2 is 1.59 bits per heavy atom. The lowest BCUT2D eigenvalue weighted by Gasteiger charge is -2.16. The van der Waals surface area contributed by atoms with E-state index in [1.807, 2.05) is 47.9 Å². The molecule has 7 heteroatoms. The summed E-state index contributed by atoms with van der Waals surface area (Å²) >= 11 is 1.35. The monoisotopic (exact) mass is 478 g/mol. The van der Waals surface area contributed by atoms with Gasteiger partial charge in [0.15, 0.2) is 17.1 Å². The van der Waals surface area contributed by atoms with Crippen LogP contribution in [0.2, 0.25) is 0 Å². The van der Waals surface area contributed by atoms with Gasteiger partial charge >= 0.3 is 0 Å². The van der Waals surface area contributed by atoms with E-state index in [1.165, 1.54) is 22.9 Å². The van der Waals surface area contributed by atoms with E-state index in [4.69, 9.17) is 4.74 Å². The summed E-state index contributed by atoms with van der Waals surface area (Å²) in [5.74, 6) is 2.54. The highest BCUT2D eigenvalue weighted by Gasteiger charge is 2.20. The number of hydrogen-bond acceptors (Lipinski definition) is 5. The lowest BCUT2D eigenvalue weighted by atomic mass is 10.0. The second-order valence-corrected chi connectivity index (χ2v) is 9.78. The van der Waals surface area contributed by atoms with E-state index in [0.717, 1.165) is 11.4 Å². The van der Waals surface area contributed by atoms with Crippen LogP contribution in [0, 0.1) is 0 Å². The summed E-state index contributed by atoms with van der Waals surface area (Å²) in [6, 6.07) is 16.1. The Morgan fingerprint density at radius 3 is 2.15 bits per heavy atom. The molecule has 0 saturated carbocycles.